The third-order valence-corrected chi connectivity index (χ3v) is 7.77. The zero-order valence-electron chi connectivity index (χ0n) is 17.1. The number of aliphatic carboxylic acids is 1. The van der Waals surface area contributed by atoms with Crippen molar-refractivity contribution in [3.63, 3.8) is 0 Å². The van der Waals surface area contributed by atoms with Crippen molar-refractivity contribution < 1.29 is 32.9 Å². The van der Waals surface area contributed by atoms with Gasteiger partial charge in [-0.1, -0.05) is 6.92 Å². The number of carbonyl (C=O) groups is 1. The van der Waals surface area contributed by atoms with Crippen molar-refractivity contribution in [1.82, 2.24) is 14.1 Å². The molecule has 2 aliphatic rings. The van der Waals surface area contributed by atoms with Crippen LogP contribution in [0.1, 0.15) is 18.7 Å². The maximum atomic E-state index is 13.1. The van der Waals surface area contributed by atoms with Gasteiger partial charge in [0.1, 0.15) is 5.75 Å². The average molecular weight is 459 g/mol. The first kappa shape index (κ1) is 20.6. The molecule has 0 saturated carbocycles. The van der Waals surface area contributed by atoms with Crippen LogP contribution in [0.4, 0.5) is 0 Å². The van der Waals surface area contributed by atoms with Gasteiger partial charge in [0.2, 0.25) is 16.8 Å². The standard InChI is InChI=1S/C21H21N3O7S/c1-12-9-23(32(28,29)14-4-2-13(25)3-5-14)10-18(12)24-17-8-20-19(30-11-31-20)6-15(17)16(22-24)7-21(26)27/h2-6,8,12,18,25H,7,9-11H2,1H3,(H,26,27)/t12-,18+/m1/s1. The molecule has 32 heavy (non-hydrogen) atoms. The number of aromatic nitrogens is 2. The fraction of sp³-hybridized carbons (Fsp3) is 0.333. The first-order valence-corrected chi connectivity index (χ1v) is 11.5. The number of hydrogen-bond acceptors (Lipinski definition) is 7. The number of sulfonamides is 1. The Labute approximate surface area is 183 Å². The van der Waals surface area contributed by atoms with E-state index in [4.69, 9.17) is 9.47 Å². The van der Waals surface area contributed by atoms with Crippen molar-refractivity contribution >= 4 is 26.9 Å². The van der Waals surface area contributed by atoms with Gasteiger partial charge in [-0.2, -0.15) is 9.40 Å². The van der Waals surface area contributed by atoms with Crippen LogP contribution in [-0.2, 0) is 21.2 Å². The molecule has 0 spiro atoms. The van der Waals surface area contributed by atoms with E-state index in [0.29, 0.717) is 28.1 Å². The van der Waals surface area contributed by atoms with Crippen LogP contribution in [0.25, 0.3) is 10.9 Å². The second kappa shape index (κ2) is 7.38. The number of ether oxygens (including phenoxy) is 2. The summed E-state index contributed by atoms with van der Waals surface area (Å²) in [6.07, 6.45) is -0.264. The van der Waals surface area contributed by atoms with Crippen LogP contribution in [0.15, 0.2) is 41.3 Å². The van der Waals surface area contributed by atoms with Gasteiger partial charge in [0.05, 0.1) is 28.6 Å². The van der Waals surface area contributed by atoms with Gasteiger partial charge in [0, 0.05) is 24.5 Å². The second-order valence-corrected chi connectivity index (χ2v) is 9.98. The maximum Gasteiger partial charge on any atom is 0.309 e. The van der Waals surface area contributed by atoms with E-state index in [1.54, 1.807) is 16.8 Å². The monoisotopic (exact) mass is 459 g/mol. The highest BCUT2D eigenvalue weighted by Gasteiger charge is 2.39. The zero-order chi connectivity index (χ0) is 22.6. The molecule has 0 unspecified atom stereocenters. The molecule has 0 bridgehead atoms. The molecule has 2 atom stereocenters. The zero-order valence-corrected chi connectivity index (χ0v) is 17.9. The van der Waals surface area contributed by atoms with Gasteiger partial charge in [-0.05, 0) is 36.2 Å². The van der Waals surface area contributed by atoms with Crippen molar-refractivity contribution in [3.8, 4) is 17.2 Å². The Balaban J connectivity index is 1.54. The Morgan fingerprint density at radius 1 is 1.16 bits per heavy atom. The van der Waals surface area contributed by atoms with Crippen LogP contribution in [0, 0.1) is 5.92 Å². The minimum absolute atomic E-state index is 0.00989. The number of nitrogens with zero attached hydrogens (tertiary/aromatic N) is 3. The minimum Gasteiger partial charge on any atom is -0.508 e. The van der Waals surface area contributed by atoms with Gasteiger partial charge in [0.15, 0.2) is 11.5 Å². The first-order valence-electron chi connectivity index (χ1n) is 10.1. The normalized spacial score (nSPS) is 20.8. The van der Waals surface area contributed by atoms with Crippen molar-refractivity contribution in [1.29, 1.82) is 0 Å². The highest BCUT2D eigenvalue weighted by molar-refractivity contribution is 7.89. The largest absolute Gasteiger partial charge is 0.508 e. The summed E-state index contributed by atoms with van der Waals surface area (Å²) in [7, 11) is -3.76. The van der Waals surface area contributed by atoms with Crippen molar-refractivity contribution in [2.45, 2.75) is 24.3 Å². The van der Waals surface area contributed by atoms with E-state index in [1.165, 1.54) is 28.6 Å². The second-order valence-electron chi connectivity index (χ2n) is 8.04. The molecule has 5 rings (SSSR count). The average Bonchev–Trinajstić information content (AvgIpc) is 3.44. The molecule has 3 aromatic rings. The predicted octanol–water partition coefficient (Wildman–Crippen LogP) is 1.98. The summed E-state index contributed by atoms with van der Waals surface area (Å²) in [5, 5.41) is 24.0. The summed E-state index contributed by atoms with van der Waals surface area (Å²) < 4.78 is 40.3. The number of phenols is 1. The Morgan fingerprint density at radius 2 is 1.84 bits per heavy atom. The number of aromatic hydroxyl groups is 1. The molecule has 2 aromatic carbocycles. The summed E-state index contributed by atoms with van der Waals surface area (Å²) in [6.45, 7) is 2.49. The van der Waals surface area contributed by atoms with Crippen LogP contribution in [0.3, 0.4) is 0 Å². The fourth-order valence-electron chi connectivity index (χ4n) is 4.30. The molecule has 1 fully saturated rings. The molecule has 3 heterocycles. The number of fused-ring (bicyclic) bond motifs is 2. The topological polar surface area (TPSA) is 131 Å². The number of carboxylic acids is 1. The van der Waals surface area contributed by atoms with Crippen LogP contribution in [-0.4, -0.2) is 58.6 Å². The fourth-order valence-corrected chi connectivity index (χ4v) is 5.86. The minimum atomic E-state index is -3.76. The molecule has 1 saturated heterocycles. The van der Waals surface area contributed by atoms with E-state index in [9.17, 15) is 23.4 Å². The molecule has 0 amide bonds. The predicted molar refractivity (Wildman–Crippen MR) is 112 cm³/mol. The lowest BCUT2D eigenvalue weighted by molar-refractivity contribution is -0.136. The van der Waals surface area contributed by atoms with Crippen molar-refractivity contribution in [2.75, 3.05) is 19.9 Å². The summed E-state index contributed by atoms with van der Waals surface area (Å²) in [4.78, 5) is 11.5. The van der Waals surface area contributed by atoms with Crippen LogP contribution in [0.5, 0.6) is 17.2 Å². The van der Waals surface area contributed by atoms with E-state index < -0.39 is 16.0 Å². The molecule has 0 radical (unpaired) electrons. The summed E-state index contributed by atoms with van der Waals surface area (Å²) in [6, 6.07) is 8.61. The van der Waals surface area contributed by atoms with Crippen molar-refractivity contribution in [2.24, 2.45) is 5.92 Å². The van der Waals surface area contributed by atoms with E-state index >= 15 is 0 Å². The van der Waals surface area contributed by atoms with Gasteiger partial charge in [-0.25, -0.2) is 8.42 Å². The van der Waals surface area contributed by atoms with Gasteiger partial charge in [-0.3, -0.25) is 9.48 Å². The van der Waals surface area contributed by atoms with E-state index in [-0.39, 0.29) is 48.9 Å². The highest BCUT2D eigenvalue weighted by atomic mass is 32.2. The van der Waals surface area contributed by atoms with Gasteiger partial charge >= 0.3 is 5.97 Å². The van der Waals surface area contributed by atoms with Crippen LogP contribution in [0.2, 0.25) is 0 Å². The van der Waals surface area contributed by atoms with Gasteiger partial charge in [-0.15, -0.1) is 0 Å². The number of rotatable bonds is 5. The van der Waals surface area contributed by atoms with Gasteiger partial charge < -0.3 is 19.7 Å². The summed E-state index contributed by atoms with van der Waals surface area (Å²) >= 11 is 0. The molecular formula is C21H21N3O7S. The lowest BCUT2D eigenvalue weighted by Crippen LogP contribution is -2.29. The molecule has 11 heteroatoms. The Morgan fingerprint density at radius 3 is 2.53 bits per heavy atom. The Hall–Kier alpha value is -3.31. The molecule has 168 valence electrons. The highest BCUT2D eigenvalue weighted by Crippen LogP contribution is 2.40. The Kier molecular flexibility index (Phi) is 4.75. The molecular weight excluding hydrogens is 438 g/mol. The third kappa shape index (κ3) is 3.33. The third-order valence-electron chi connectivity index (χ3n) is 5.92. The number of carboxylic acid groups (broad SMARTS) is 1. The molecule has 2 N–H and O–H groups in total. The number of benzene rings is 2. The van der Waals surface area contributed by atoms with E-state index in [2.05, 4.69) is 5.10 Å². The summed E-state index contributed by atoms with van der Waals surface area (Å²) in [5.41, 5.74) is 1.06. The lowest BCUT2D eigenvalue weighted by atomic mass is 10.1. The Bertz CT molecular complexity index is 1320. The lowest BCUT2D eigenvalue weighted by Gasteiger charge is -2.17. The van der Waals surface area contributed by atoms with Crippen molar-refractivity contribution in [3.05, 3.63) is 42.1 Å². The SMILES string of the molecule is C[C@@H]1CN(S(=O)(=O)c2ccc(O)cc2)C[C@@H]1n1nc(CC(=O)O)c2cc3c(cc21)OCO3. The van der Waals surface area contributed by atoms with Crippen LogP contribution < -0.4 is 9.47 Å². The molecule has 0 aliphatic carbocycles. The van der Waals surface area contributed by atoms with E-state index in [0.717, 1.165) is 0 Å². The van der Waals surface area contributed by atoms with Gasteiger partial charge in [0.25, 0.3) is 0 Å². The molecule has 2 aliphatic heterocycles. The molecule has 1 aromatic heterocycles. The smallest absolute Gasteiger partial charge is 0.309 e. The van der Waals surface area contributed by atoms with E-state index in [1.807, 2.05) is 6.92 Å². The maximum absolute atomic E-state index is 13.1. The number of phenolic OH excluding ortho intramolecular Hbond substituents is 1. The number of hydrogen-bond donors (Lipinski definition) is 2. The molecule has 10 nitrogen and oxygen atoms in total. The quantitative estimate of drug-likeness (QED) is 0.592. The first-order chi connectivity index (χ1) is 15.2. The van der Waals surface area contributed by atoms with Crippen LogP contribution >= 0.6 is 0 Å². The summed E-state index contributed by atoms with van der Waals surface area (Å²) in [5.74, 6) is -0.0259.